The molecule has 0 radical (unpaired) electrons. The Morgan fingerprint density at radius 1 is 0.941 bits per heavy atom. The minimum Gasteiger partial charge on any atom is -0.439 e. The maximum absolute atomic E-state index is 13.4. The number of carbonyl (C=O) groups is 1. The Morgan fingerprint density at radius 3 is 2.26 bits per heavy atom. The largest absolute Gasteiger partial charge is 0.439 e. The Morgan fingerprint density at radius 2 is 1.65 bits per heavy atom. The fourth-order valence-corrected chi connectivity index (χ4v) is 4.73. The van der Waals surface area contributed by atoms with Gasteiger partial charge < -0.3 is 9.32 Å². The number of amides is 1. The number of aromatic nitrogens is 1. The maximum Gasteiger partial charge on any atom is 0.295 e. The SMILES string of the molecule is CN(C)c1ccc(CN(C(=O)c2ccc(S(=O)(=O)c3ccc(Br)cc3)o2)c2ccccn2)cc1. The van der Waals surface area contributed by atoms with Gasteiger partial charge in [0.15, 0.2) is 5.76 Å². The van der Waals surface area contributed by atoms with Gasteiger partial charge in [0.25, 0.3) is 5.91 Å². The van der Waals surface area contributed by atoms with Gasteiger partial charge in [0.05, 0.1) is 11.4 Å². The summed E-state index contributed by atoms with van der Waals surface area (Å²) in [4.78, 5) is 21.3. The number of carbonyl (C=O) groups excluding carboxylic acids is 1. The van der Waals surface area contributed by atoms with E-state index in [1.165, 1.54) is 29.2 Å². The van der Waals surface area contributed by atoms with Gasteiger partial charge in [-0.3, -0.25) is 9.69 Å². The predicted molar refractivity (Wildman–Crippen MR) is 134 cm³/mol. The number of nitrogens with zero attached hydrogens (tertiary/aromatic N) is 3. The average Bonchev–Trinajstić information content (AvgIpc) is 3.35. The highest BCUT2D eigenvalue weighted by Crippen LogP contribution is 2.26. The van der Waals surface area contributed by atoms with E-state index in [9.17, 15) is 13.2 Å². The summed E-state index contributed by atoms with van der Waals surface area (Å²) in [7, 11) is -0.00127. The second-order valence-corrected chi connectivity index (χ2v) is 10.5. The van der Waals surface area contributed by atoms with Crippen LogP contribution in [0.5, 0.6) is 0 Å². The smallest absolute Gasteiger partial charge is 0.295 e. The van der Waals surface area contributed by atoms with Crippen molar-refractivity contribution in [2.75, 3.05) is 23.9 Å². The van der Waals surface area contributed by atoms with E-state index >= 15 is 0 Å². The van der Waals surface area contributed by atoms with Crippen molar-refractivity contribution in [2.24, 2.45) is 0 Å². The third-order valence-electron chi connectivity index (χ3n) is 5.15. The summed E-state index contributed by atoms with van der Waals surface area (Å²) in [5, 5.41) is -0.297. The highest BCUT2D eigenvalue weighted by atomic mass is 79.9. The first-order chi connectivity index (χ1) is 16.3. The minimum absolute atomic E-state index is 0.0756. The lowest BCUT2D eigenvalue weighted by atomic mass is 10.1. The zero-order valence-electron chi connectivity index (χ0n) is 18.6. The molecule has 0 aliphatic carbocycles. The van der Waals surface area contributed by atoms with Crippen LogP contribution in [0, 0.1) is 0 Å². The molecule has 0 unspecified atom stereocenters. The van der Waals surface area contributed by atoms with E-state index in [1.54, 1.807) is 36.5 Å². The lowest BCUT2D eigenvalue weighted by Crippen LogP contribution is -2.30. The normalized spacial score (nSPS) is 11.3. The van der Waals surface area contributed by atoms with Gasteiger partial charge in [0, 0.05) is 30.5 Å². The lowest BCUT2D eigenvalue weighted by Gasteiger charge is -2.21. The number of sulfone groups is 1. The van der Waals surface area contributed by atoms with Crippen LogP contribution in [-0.2, 0) is 16.4 Å². The molecule has 0 bridgehead atoms. The number of pyridine rings is 1. The number of anilines is 2. The summed E-state index contributed by atoms with van der Waals surface area (Å²) in [6.45, 7) is 0.235. The molecule has 0 aliphatic rings. The molecule has 4 rings (SSSR count). The van der Waals surface area contributed by atoms with Gasteiger partial charge in [-0.15, -0.1) is 0 Å². The summed E-state index contributed by atoms with van der Waals surface area (Å²) >= 11 is 3.29. The monoisotopic (exact) mass is 539 g/mol. The van der Waals surface area contributed by atoms with Crippen molar-refractivity contribution in [1.82, 2.24) is 4.98 Å². The molecular formula is C25H22BrN3O4S. The van der Waals surface area contributed by atoms with Crippen molar-refractivity contribution in [1.29, 1.82) is 0 Å². The quantitative estimate of drug-likeness (QED) is 0.321. The van der Waals surface area contributed by atoms with Crippen molar-refractivity contribution < 1.29 is 17.6 Å². The van der Waals surface area contributed by atoms with Crippen LogP contribution in [0.15, 0.2) is 104 Å². The molecular weight excluding hydrogens is 518 g/mol. The Balaban J connectivity index is 1.65. The molecule has 4 aromatic rings. The molecule has 1 amide bonds. The van der Waals surface area contributed by atoms with Crippen LogP contribution in [-0.4, -0.2) is 33.4 Å². The van der Waals surface area contributed by atoms with Crippen LogP contribution in [0.1, 0.15) is 16.1 Å². The van der Waals surface area contributed by atoms with E-state index in [1.807, 2.05) is 43.3 Å². The first-order valence-corrected chi connectivity index (χ1v) is 12.6. The van der Waals surface area contributed by atoms with E-state index in [0.717, 1.165) is 15.7 Å². The maximum atomic E-state index is 13.4. The van der Waals surface area contributed by atoms with Gasteiger partial charge >= 0.3 is 0 Å². The average molecular weight is 540 g/mol. The Bertz CT molecular complexity index is 1380. The van der Waals surface area contributed by atoms with E-state index in [2.05, 4.69) is 20.9 Å². The van der Waals surface area contributed by atoms with E-state index in [-0.39, 0.29) is 22.3 Å². The van der Waals surface area contributed by atoms with Crippen molar-refractivity contribution in [3.8, 4) is 0 Å². The summed E-state index contributed by atoms with van der Waals surface area (Å²) in [5.41, 5.74) is 1.92. The molecule has 2 aromatic carbocycles. The molecule has 0 spiro atoms. The van der Waals surface area contributed by atoms with Crippen molar-refractivity contribution in [3.63, 3.8) is 0 Å². The molecule has 0 saturated heterocycles. The van der Waals surface area contributed by atoms with Crippen molar-refractivity contribution in [3.05, 3.63) is 101 Å². The molecule has 2 heterocycles. The van der Waals surface area contributed by atoms with Gasteiger partial charge in [-0.1, -0.05) is 34.1 Å². The fourth-order valence-electron chi connectivity index (χ4n) is 3.29. The predicted octanol–water partition coefficient (Wildman–Crippen LogP) is 5.18. The second-order valence-electron chi connectivity index (χ2n) is 7.72. The Kier molecular flexibility index (Phi) is 6.85. The third-order valence-corrected chi connectivity index (χ3v) is 7.32. The third kappa shape index (κ3) is 5.05. The summed E-state index contributed by atoms with van der Waals surface area (Å²) in [6, 6.07) is 21.9. The van der Waals surface area contributed by atoms with Gasteiger partial charge in [-0.2, -0.15) is 0 Å². The lowest BCUT2D eigenvalue weighted by molar-refractivity contribution is 0.0952. The molecule has 9 heteroatoms. The summed E-state index contributed by atoms with van der Waals surface area (Å²) in [5.74, 6) is -0.156. The highest BCUT2D eigenvalue weighted by molar-refractivity contribution is 9.10. The number of rotatable bonds is 7. The zero-order chi connectivity index (χ0) is 24.3. The zero-order valence-corrected chi connectivity index (χ0v) is 21.0. The van der Waals surface area contributed by atoms with E-state index in [0.29, 0.717) is 5.82 Å². The molecule has 0 N–H and O–H groups in total. The fraction of sp³-hybridized carbons (Fsp3) is 0.120. The van der Waals surface area contributed by atoms with Gasteiger partial charge in [-0.05, 0) is 66.2 Å². The van der Waals surface area contributed by atoms with Gasteiger partial charge in [0.2, 0.25) is 14.9 Å². The first kappa shape index (κ1) is 23.7. The Hall–Kier alpha value is -3.43. The number of hydrogen-bond acceptors (Lipinski definition) is 6. The first-order valence-electron chi connectivity index (χ1n) is 10.4. The number of hydrogen-bond donors (Lipinski definition) is 0. The molecule has 0 aliphatic heterocycles. The number of furan rings is 1. The molecule has 174 valence electrons. The van der Waals surface area contributed by atoms with Crippen molar-refractivity contribution in [2.45, 2.75) is 16.5 Å². The minimum atomic E-state index is -3.91. The molecule has 7 nitrogen and oxygen atoms in total. The van der Waals surface area contributed by atoms with Crippen LogP contribution in [0.3, 0.4) is 0 Å². The summed E-state index contributed by atoms with van der Waals surface area (Å²) < 4.78 is 32.2. The standard InChI is InChI=1S/C25H22BrN3O4S/c1-28(2)20-10-6-18(7-11-20)17-29(23-5-3-4-16-27-23)25(30)22-14-15-24(33-22)34(31,32)21-12-8-19(26)9-13-21/h3-16H,17H2,1-2H3. The van der Waals surface area contributed by atoms with Crippen LogP contribution < -0.4 is 9.80 Å². The van der Waals surface area contributed by atoms with Crippen LogP contribution >= 0.6 is 15.9 Å². The van der Waals surface area contributed by atoms with Gasteiger partial charge in [0.1, 0.15) is 5.82 Å². The van der Waals surface area contributed by atoms with Crippen LogP contribution in [0.2, 0.25) is 0 Å². The van der Waals surface area contributed by atoms with E-state index in [4.69, 9.17) is 4.42 Å². The van der Waals surface area contributed by atoms with Crippen molar-refractivity contribution >= 4 is 43.2 Å². The number of benzene rings is 2. The number of halogens is 1. The van der Waals surface area contributed by atoms with Crippen LogP contribution in [0.4, 0.5) is 11.5 Å². The molecule has 34 heavy (non-hydrogen) atoms. The molecule has 0 saturated carbocycles. The highest BCUT2D eigenvalue weighted by Gasteiger charge is 2.27. The van der Waals surface area contributed by atoms with E-state index < -0.39 is 15.7 Å². The Labute approximate surface area is 206 Å². The topological polar surface area (TPSA) is 83.7 Å². The van der Waals surface area contributed by atoms with Crippen LogP contribution in [0.25, 0.3) is 0 Å². The van der Waals surface area contributed by atoms with Gasteiger partial charge in [-0.25, -0.2) is 13.4 Å². The molecule has 0 atom stereocenters. The summed E-state index contributed by atoms with van der Waals surface area (Å²) in [6.07, 6.45) is 1.59. The molecule has 2 aromatic heterocycles. The molecule has 0 fully saturated rings. The second kappa shape index (κ2) is 9.82.